The quantitative estimate of drug-likeness (QED) is 0.484. The van der Waals surface area contributed by atoms with Crippen molar-refractivity contribution in [3.63, 3.8) is 0 Å². The van der Waals surface area contributed by atoms with Gasteiger partial charge < -0.3 is 5.32 Å². The summed E-state index contributed by atoms with van der Waals surface area (Å²) >= 11 is 0. The van der Waals surface area contributed by atoms with Crippen molar-refractivity contribution in [3.8, 4) is 0 Å². The van der Waals surface area contributed by atoms with E-state index in [1.54, 1.807) is 6.20 Å². The molecule has 0 radical (unpaired) electrons. The van der Waals surface area contributed by atoms with E-state index in [0.29, 0.717) is 19.4 Å². The molecule has 6 nitrogen and oxygen atoms in total. The van der Waals surface area contributed by atoms with Gasteiger partial charge in [-0.05, 0) is 62.0 Å². The van der Waals surface area contributed by atoms with Crippen molar-refractivity contribution in [1.29, 1.82) is 0 Å². The molecule has 0 aliphatic carbocycles. The number of imide groups is 1. The second-order valence-electron chi connectivity index (χ2n) is 10.1. The van der Waals surface area contributed by atoms with Gasteiger partial charge in [-0.3, -0.25) is 19.6 Å². The molecule has 3 aromatic rings. The summed E-state index contributed by atoms with van der Waals surface area (Å²) < 4.78 is 0. The molecule has 1 N–H and O–H groups in total. The summed E-state index contributed by atoms with van der Waals surface area (Å²) in [4.78, 5) is 35.4. The number of aryl methyl sites for hydroxylation is 1. The van der Waals surface area contributed by atoms with E-state index in [2.05, 4.69) is 46.4 Å². The van der Waals surface area contributed by atoms with Crippen LogP contribution in [0.15, 0.2) is 79.0 Å². The van der Waals surface area contributed by atoms with E-state index < -0.39 is 5.54 Å². The lowest BCUT2D eigenvalue weighted by Gasteiger charge is -2.41. The Labute approximate surface area is 213 Å². The number of carbonyl (C=O) groups is 2. The van der Waals surface area contributed by atoms with Gasteiger partial charge in [0.25, 0.3) is 5.91 Å². The average Bonchev–Trinajstić information content (AvgIpc) is 3.15. The molecule has 1 aromatic heterocycles. The number of rotatable bonds is 8. The molecule has 3 heterocycles. The van der Waals surface area contributed by atoms with Crippen molar-refractivity contribution in [3.05, 3.63) is 101 Å². The summed E-state index contributed by atoms with van der Waals surface area (Å²) in [5, 5.41) is 3.19. The van der Waals surface area contributed by atoms with Crippen LogP contribution in [0.2, 0.25) is 0 Å². The lowest BCUT2D eigenvalue weighted by molar-refractivity contribution is -0.134. The number of hydrogen-bond acceptors (Lipinski definition) is 4. The lowest BCUT2D eigenvalue weighted by Crippen LogP contribution is -2.57. The fourth-order valence-electron chi connectivity index (χ4n) is 5.61. The van der Waals surface area contributed by atoms with Crippen LogP contribution in [-0.2, 0) is 24.2 Å². The zero-order valence-electron chi connectivity index (χ0n) is 20.9. The van der Waals surface area contributed by atoms with Gasteiger partial charge in [-0.1, -0.05) is 66.2 Å². The molecule has 2 saturated heterocycles. The topological polar surface area (TPSA) is 65.5 Å². The largest absolute Gasteiger partial charge is 0.325 e. The fourth-order valence-corrected chi connectivity index (χ4v) is 5.61. The van der Waals surface area contributed by atoms with Gasteiger partial charge in [0.2, 0.25) is 0 Å². The Balaban J connectivity index is 1.32. The van der Waals surface area contributed by atoms with Crippen LogP contribution >= 0.6 is 0 Å². The molecular formula is C30H34N4O2. The Morgan fingerprint density at radius 2 is 1.64 bits per heavy atom. The second kappa shape index (κ2) is 10.6. The smallest absolute Gasteiger partial charge is 0.322 e. The first-order chi connectivity index (χ1) is 17.5. The average molecular weight is 483 g/mol. The number of aromatic nitrogens is 1. The Hall–Kier alpha value is -3.51. The third kappa shape index (κ3) is 5.19. The van der Waals surface area contributed by atoms with Gasteiger partial charge in [0.05, 0.1) is 0 Å². The highest BCUT2D eigenvalue weighted by atomic mass is 16.2. The Kier molecular flexibility index (Phi) is 7.14. The van der Waals surface area contributed by atoms with Crippen molar-refractivity contribution < 1.29 is 9.59 Å². The minimum Gasteiger partial charge on any atom is -0.322 e. The molecule has 6 heteroatoms. The van der Waals surface area contributed by atoms with E-state index >= 15 is 0 Å². The highest BCUT2D eigenvalue weighted by Gasteiger charge is 2.55. The van der Waals surface area contributed by atoms with E-state index in [-0.39, 0.29) is 17.9 Å². The van der Waals surface area contributed by atoms with E-state index in [0.717, 1.165) is 43.7 Å². The van der Waals surface area contributed by atoms with Gasteiger partial charge >= 0.3 is 6.03 Å². The van der Waals surface area contributed by atoms with E-state index in [1.807, 2.05) is 48.5 Å². The standard InChI is InChI=1S/C30H34N4O2/c1-23-10-12-25(13-11-23)22-33-18-14-26(15-19-33)30(21-24-7-3-2-4-8-24)28(35)34(29(36)32-30)20-16-27-9-5-6-17-31-27/h2-13,17,26H,14-16,18-22H2,1H3,(H,32,36)/t30-/m0/s1. The molecule has 2 aromatic carbocycles. The summed E-state index contributed by atoms with van der Waals surface area (Å²) in [6.45, 7) is 5.17. The molecule has 0 bridgehead atoms. The number of carbonyl (C=O) groups excluding carboxylic acids is 2. The first kappa shape index (κ1) is 24.2. The maximum atomic E-state index is 14.0. The first-order valence-corrected chi connectivity index (χ1v) is 12.9. The number of nitrogens with one attached hydrogen (secondary N) is 1. The lowest BCUT2D eigenvalue weighted by atomic mass is 9.74. The molecule has 3 amide bonds. The highest BCUT2D eigenvalue weighted by molar-refractivity contribution is 6.07. The van der Waals surface area contributed by atoms with Crippen LogP contribution in [0.1, 0.15) is 35.2 Å². The number of nitrogens with zero attached hydrogens (tertiary/aromatic N) is 3. The molecule has 0 saturated carbocycles. The molecule has 36 heavy (non-hydrogen) atoms. The molecule has 2 fully saturated rings. The molecule has 0 spiro atoms. The zero-order valence-corrected chi connectivity index (χ0v) is 20.9. The van der Waals surface area contributed by atoms with Crippen LogP contribution in [0.5, 0.6) is 0 Å². The van der Waals surface area contributed by atoms with Crippen LogP contribution < -0.4 is 5.32 Å². The van der Waals surface area contributed by atoms with Gasteiger partial charge in [-0.2, -0.15) is 0 Å². The van der Waals surface area contributed by atoms with Crippen LogP contribution in [-0.4, -0.2) is 51.9 Å². The SMILES string of the molecule is Cc1ccc(CN2CCC([C@]3(Cc4ccccc4)NC(=O)N(CCc4ccccn4)C3=O)CC2)cc1. The summed E-state index contributed by atoms with van der Waals surface area (Å²) in [5.41, 5.74) is 3.62. The van der Waals surface area contributed by atoms with Gasteiger partial charge in [0, 0.05) is 37.8 Å². The van der Waals surface area contributed by atoms with E-state index in [1.165, 1.54) is 16.0 Å². The van der Waals surface area contributed by atoms with Gasteiger partial charge in [0.15, 0.2) is 0 Å². The van der Waals surface area contributed by atoms with Crippen molar-refractivity contribution in [2.24, 2.45) is 5.92 Å². The highest BCUT2D eigenvalue weighted by Crippen LogP contribution is 2.37. The van der Waals surface area contributed by atoms with Gasteiger partial charge in [0.1, 0.15) is 5.54 Å². The molecule has 186 valence electrons. The number of hydrogen-bond donors (Lipinski definition) is 1. The number of amides is 3. The minimum atomic E-state index is -0.904. The third-order valence-corrected chi connectivity index (χ3v) is 7.66. The first-order valence-electron chi connectivity index (χ1n) is 12.9. The molecule has 0 unspecified atom stereocenters. The second-order valence-corrected chi connectivity index (χ2v) is 10.1. The molecule has 1 atom stereocenters. The van der Waals surface area contributed by atoms with E-state index in [4.69, 9.17) is 0 Å². The number of likely N-dealkylation sites (tertiary alicyclic amines) is 1. The maximum Gasteiger partial charge on any atom is 0.325 e. The zero-order chi connectivity index (χ0) is 25.0. The maximum absolute atomic E-state index is 14.0. The van der Waals surface area contributed by atoms with Gasteiger partial charge in [-0.25, -0.2) is 4.79 Å². The summed E-state index contributed by atoms with van der Waals surface area (Å²) in [5.74, 6) is -0.00690. The van der Waals surface area contributed by atoms with Crippen molar-refractivity contribution in [2.45, 2.75) is 44.7 Å². The Morgan fingerprint density at radius 3 is 2.33 bits per heavy atom. The van der Waals surface area contributed by atoms with Gasteiger partial charge in [-0.15, -0.1) is 0 Å². The normalized spacial score (nSPS) is 21.1. The third-order valence-electron chi connectivity index (χ3n) is 7.66. The monoisotopic (exact) mass is 482 g/mol. The van der Waals surface area contributed by atoms with Crippen LogP contribution in [0, 0.1) is 12.8 Å². The summed E-state index contributed by atoms with van der Waals surface area (Å²) in [6.07, 6.45) is 4.56. The summed E-state index contributed by atoms with van der Waals surface area (Å²) in [7, 11) is 0. The Morgan fingerprint density at radius 1 is 0.917 bits per heavy atom. The number of piperidine rings is 1. The van der Waals surface area contributed by atoms with Crippen LogP contribution in [0.3, 0.4) is 0 Å². The molecular weight excluding hydrogens is 448 g/mol. The van der Waals surface area contributed by atoms with Crippen LogP contribution in [0.25, 0.3) is 0 Å². The predicted octanol–water partition coefficient (Wildman–Crippen LogP) is 4.38. The molecule has 2 aliphatic rings. The van der Waals surface area contributed by atoms with Crippen molar-refractivity contribution >= 4 is 11.9 Å². The van der Waals surface area contributed by atoms with Crippen molar-refractivity contribution in [2.75, 3.05) is 19.6 Å². The fraction of sp³-hybridized carbons (Fsp3) is 0.367. The molecule has 5 rings (SSSR count). The van der Waals surface area contributed by atoms with Crippen molar-refractivity contribution in [1.82, 2.24) is 20.1 Å². The van der Waals surface area contributed by atoms with Crippen LogP contribution in [0.4, 0.5) is 4.79 Å². The number of pyridine rings is 1. The summed E-state index contributed by atoms with van der Waals surface area (Å²) in [6, 6.07) is 24.2. The molecule has 2 aliphatic heterocycles. The number of benzene rings is 2. The van der Waals surface area contributed by atoms with E-state index in [9.17, 15) is 9.59 Å². The number of urea groups is 1. The Bertz CT molecular complexity index is 1170. The minimum absolute atomic E-state index is 0.0864. The predicted molar refractivity (Wildman–Crippen MR) is 140 cm³/mol.